The molecule has 2 amide bonds. The van der Waals surface area contributed by atoms with E-state index in [1.807, 2.05) is 55.7 Å². The first-order chi connectivity index (χ1) is 10.5. The number of nitrogens with zero attached hydrogens (tertiary/aromatic N) is 2. The first-order valence-corrected chi connectivity index (χ1v) is 7.48. The number of amides is 2. The van der Waals surface area contributed by atoms with Gasteiger partial charge in [-0.2, -0.15) is 0 Å². The summed E-state index contributed by atoms with van der Waals surface area (Å²) in [7, 11) is 0. The second kappa shape index (κ2) is 7.46. The standard InChI is InChI=1S/C15H17N5OS/c1-10-8-11(2)18-15(17-10)22-9-13(19-20-14(16)21)12-6-4-3-5-7-12/h3-9,19H,1-2H3,(H3,16,20,21)/b13-9+. The number of urea groups is 1. The molecule has 2 aromatic rings. The minimum atomic E-state index is -0.658. The van der Waals surface area contributed by atoms with Crippen molar-refractivity contribution in [3.63, 3.8) is 0 Å². The molecule has 0 aliphatic rings. The van der Waals surface area contributed by atoms with Gasteiger partial charge in [-0.15, -0.1) is 0 Å². The Morgan fingerprint density at radius 3 is 2.36 bits per heavy atom. The van der Waals surface area contributed by atoms with Crippen LogP contribution in [0.2, 0.25) is 0 Å². The third kappa shape index (κ3) is 4.78. The maximum Gasteiger partial charge on any atom is 0.330 e. The lowest BCUT2D eigenvalue weighted by molar-refractivity contribution is 0.247. The number of thioether (sulfide) groups is 1. The number of hydrazine groups is 1. The molecule has 0 saturated carbocycles. The van der Waals surface area contributed by atoms with Gasteiger partial charge >= 0.3 is 6.03 Å². The van der Waals surface area contributed by atoms with Crippen molar-refractivity contribution in [2.75, 3.05) is 0 Å². The first kappa shape index (κ1) is 15.8. The van der Waals surface area contributed by atoms with Crippen molar-refractivity contribution in [3.8, 4) is 0 Å². The molecule has 0 aliphatic carbocycles. The Labute approximate surface area is 133 Å². The summed E-state index contributed by atoms with van der Waals surface area (Å²) in [5.41, 5.74) is 13.7. The fourth-order valence-electron chi connectivity index (χ4n) is 1.77. The highest BCUT2D eigenvalue weighted by Gasteiger charge is 2.04. The maximum atomic E-state index is 10.9. The Morgan fingerprint density at radius 2 is 1.77 bits per heavy atom. The van der Waals surface area contributed by atoms with Crippen LogP contribution >= 0.6 is 11.8 Å². The maximum absolute atomic E-state index is 10.9. The molecular weight excluding hydrogens is 298 g/mol. The minimum Gasteiger partial charge on any atom is -0.350 e. The predicted octanol–water partition coefficient (Wildman–Crippen LogP) is 2.36. The number of aromatic nitrogens is 2. The molecule has 0 aliphatic heterocycles. The summed E-state index contributed by atoms with van der Waals surface area (Å²) in [6.07, 6.45) is 0. The summed E-state index contributed by atoms with van der Waals surface area (Å²) in [5.74, 6) is 0. The average molecular weight is 315 g/mol. The van der Waals surface area contributed by atoms with Gasteiger partial charge in [0.1, 0.15) is 0 Å². The van der Waals surface area contributed by atoms with E-state index in [2.05, 4.69) is 20.8 Å². The average Bonchev–Trinajstić information content (AvgIpc) is 2.47. The highest BCUT2D eigenvalue weighted by molar-refractivity contribution is 8.02. The van der Waals surface area contributed by atoms with Crippen LogP contribution in [-0.2, 0) is 0 Å². The summed E-state index contributed by atoms with van der Waals surface area (Å²) < 4.78 is 0. The molecule has 1 aromatic carbocycles. The molecule has 114 valence electrons. The molecule has 0 bridgehead atoms. The van der Waals surface area contributed by atoms with E-state index in [1.54, 1.807) is 0 Å². The summed E-state index contributed by atoms with van der Waals surface area (Å²) in [4.78, 5) is 19.6. The fourth-order valence-corrected chi connectivity index (χ4v) is 2.59. The van der Waals surface area contributed by atoms with Gasteiger partial charge in [0.25, 0.3) is 0 Å². The van der Waals surface area contributed by atoms with E-state index >= 15 is 0 Å². The zero-order valence-electron chi connectivity index (χ0n) is 12.3. The summed E-state index contributed by atoms with van der Waals surface area (Å²) >= 11 is 1.36. The third-order valence-electron chi connectivity index (χ3n) is 2.65. The van der Waals surface area contributed by atoms with Crippen LogP contribution in [0.4, 0.5) is 4.79 Å². The molecule has 1 heterocycles. The van der Waals surface area contributed by atoms with E-state index < -0.39 is 6.03 Å². The quantitative estimate of drug-likeness (QED) is 0.447. The second-order valence-electron chi connectivity index (χ2n) is 4.56. The number of primary amides is 1. The van der Waals surface area contributed by atoms with E-state index in [9.17, 15) is 4.79 Å². The number of benzene rings is 1. The van der Waals surface area contributed by atoms with Gasteiger partial charge in [-0.05, 0) is 25.5 Å². The van der Waals surface area contributed by atoms with Gasteiger partial charge < -0.3 is 5.73 Å². The van der Waals surface area contributed by atoms with Crippen LogP contribution < -0.4 is 16.6 Å². The molecule has 0 unspecified atom stereocenters. The van der Waals surface area contributed by atoms with Crippen LogP contribution in [0.1, 0.15) is 17.0 Å². The molecule has 0 saturated heterocycles. The van der Waals surface area contributed by atoms with E-state index in [0.29, 0.717) is 10.9 Å². The molecule has 6 nitrogen and oxygen atoms in total. The molecule has 1 aromatic heterocycles. The zero-order valence-corrected chi connectivity index (χ0v) is 13.1. The SMILES string of the molecule is Cc1cc(C)nc(S/C=C(/NNC(N)=O)c2ccccc2)n1. The largest absolute Gasteiger partial charge is 0.350 e. The number of carbonyl (C=O) groups excluding carboxylic acids is 1. The van der Waals surface area contributed by atoms with Crippen LogP contribution in [0.15, 0.2) is 47.0 Å². The Kier molecular flexibility index (Phi) is 5.37. The summed E-state index contributed by atoms with van der Waals surface area (Å²) in [6, 6.07) is 10.8. The van der Waals surface area contributed by atoms with Crippen LogP contribution in [0.5, 0.6) is 0 Å². The third-order valence-corrected chi connectivity index (χ3v) is 3.40. The lowest BCUT2D eigenvalue weighted by Crippen LogP contribution is -2.39. The van der Waals surface area contributed by atoms with Crippen molar-refractivity contribution in [3.05, 3.63) is 58.8 Å². The number of carbonyl (C=O) groups is 1. The van der Waals surface area contributed by atoms with Crippen molar-refractivity contribution >= 4 is 23.5 Å². The zero-order chi connectivity index (χ0) is 15.9. The van der Waals surface area contributed by atoms with Gasteiger partial charge in [-0.1, -0.05) is 42.1 Å². The van der Waals surface area contributed by atoms with Crippen molar-refractivity contribution in [1.82, 2.24) is 20.8 Å². The highest BCUT2D eigenvalue weighted by atomic mass is 32.2. The van der Waals surface area contributed by atoms with Gasteiger partial charge in [0.15, 0.2) is 5.16 Å². The van der Waals surface area contributed by atoms with Crippen LogP contribution in [-0.4, -0.2) is 16.0 Å². The Balaban J connectivity index is 2.22. The van der Waals surface area contributed by atoms with E-state index in [4.69, 9.17) is 5.73 Å². The Hall–Kier alpha value is -2.54. The molecular formula is C15H17N5OS. The highest BCUT2D eigenvalue weighted by Crippen LogP contribution is 2.21. The lowest BCUT2D eigenvalue weighted by Gasteiger charge is -2.11. The first-order valence-electron chi connectivity index (χ1n) is 6.60. The number of aryl methyl sites for hydroxylation is 2. The molecule has 0 atom stereocenters. The topological polar surface area (TPSA) is 92.9 Å². The molecule has 7 heteroatoms. The van der Waals surface area contributed by atoms with Gasteiger partial charge in [0.05, 0.1) is 5.70 Å². The molecule has 4 N–H and O–H groups in total. The summed E-state index contributed by atoms with van der Waals surface area (Å²) in [5, 5.41) is 2.48. The minimum absolute atomic E-state index is 0.645. The van der Waals surface area contributed by atoms with Gasteiger partial charge in [-0.25, -0.2) is 14.8 Å². The number of nitrogens with two attached hydrogens (primary N) is 1. The van der Waals surface area contributed by atoms with Crippen molar-refractivity contribution in [1.29, 1.82) is 0 Å². The second-order valence-corrected chi connectivity index (χ2v) is 5.40. The van der Waals surface area contributed by atoms with Gasteiger partial charge in [0, 0.05) is 16.8 Å². The molecule has 22 heavy (non-hydrogen) atoms. The Morgan fingerprint density at radius 1 is 1.14 bits per heavy atom. The Bertz CT molecular complexity index is 667. The van der Waals surface area contributed by atoms with Gasteiger partial charge in [0.2, 0.25) is 0 Å². The molecule has 0 spiro atoms. The van der Waals surface area contributed by atoms with Crippen LogP contribution in [0, 0.1) is 13.8 Å². The molecule has 2 rings (SSSR count). The van der Waals surface area contributed by atoms with Crippen molar-refractivity contribution < 1.29 is 4.79 Å². The van der Waals surface area contributed by atoms with Crippen LogP contribution in [0.25, 0.3) is 5.70 Å². The fraction of sp³-hybridized carbons (Fsp3) is 0.133. The van der Waals surface area contributed by atoms with E-state index in [0.717, 1.165) is 17.0 Å². The predicted molar refractivity (Wildman–Crippen MR) is 87.6 cm³/mol. The molecule has 0 fully saturated rings. The number of nitrogens with one attached hydrogen (secondary N) is 2. The van der Waals surface area contributed by atoms with Crippen LogP contribution in [0.3, 0.4) is 0 Å². The van der Waals surface area contributed by atoms with E-state index in [-0.39, 0.29) is 0 Å². The number of rotatable bonds is 5. The lowest BCUT2D eigenvalue weighted by atomic mass is 10.2. The van der Waals surface area contributed by atoms with Gasteiger partial charge in [-0.3, -0.25) is 10.9 Å². The monoisotopic (exact) mass is 315 g/mol. The van der Waals surface area contributed by atoms with E-state index in [1.165, 1.54) is 11.8 Å². The number of hydrogen-bond acceptors (Lipinski definition) is 5. The van der Waals surface area contributed by atoms with Crippen molar-refractivity contribution in [2.24, 2.45) is 5.73 Å². The number of hydrogen-bond donors (Lipinski definition) is 3. The van der Waals surface area contributed by atoms with Crippen molar-refractivity contribution in [2.45, 2.75) is 19.0 Å². The smallest absolute Gasteiger partial charge is 0.330 e. The molecule has 0 radical (unpaired) electrons. The normalized spacial score (nSPS) is 11.1. The summed E-state index contributed by atoms with van der Waals surface area (Å²) in [6.45, 7) is 3.85.